The van der Waals surface area contributed by atoms with Crippen molar-refractivity contribution in [2.75, 3.05) is 0 Å². The van der Waals surface area contributed by atoms with Crippen LogP contribution in [0.4, 0.5) is 0 Å². The first-order chi connectivity index (χ1) is 2.00. The average molecular weight is 123 g/mol. The van der Waals surface area contributed by atoms with E-state index in [0.717, 1.165) is 0 Å². The molecule has 0 amide bonds. The minimum Gasteiger partial charge on any atom is -0.264 e. The van der Waals surface area contributed by atoms with Gasteiger partial charge in [0.1, 0.15) is 0 Å². The Balaban J connectivity index is -0.0000000267. The second-order valence-corrected chi connectivity index (χ2v) is 1.34. The van der Waals surface area contributed by atoms with Gasteiger partial charge < -0.3 is 0 Å². The Bertz CT molecular complexity index is 97.2. The molecule has 0 fully saturated rings. The Morgan fingerprint density at radius 3 is 1.33 bits per heavy atom. The van der Waals surface area contributed by atoms with Crippen LogP contribution in [0.2, 0.25) is 0 Å². The van der Waals surface area contributed by atoms with Gasteiger partial charge in [-0.05, 0) is 0 Å². The monoisotopic (exact) mass is 123 g/mol. The predicted octanol–water partition coefficient (Wildman–Crippen LogP) is -3.42. The SMILES string of the molecule is O=S(=O)(O)O.[H+].[H+].[Na+]. The molecule has 2 N–H and O–H groups in total. The summed E-state index contributed by atoms with van der Waals surface area (Å²) in [5, 5.41) is 0. The van der Waals surface area contributed by atoms with Crippen LogP contribution in [0.25, 0.3) is 0 Å². The molecule has 0 bridgehead atoms. The zero-order chi connectivity index (χ0) is 4.50. The molecule has 0 heterocycles. The summed E-state index contributed by atoms with van der Waals surface area (Å²) in [5.74, 6) is 0. The summed E-state index contributed by atoms with van der Waals surface area (Å²) in [6.45, 7) is 0. The van der Waals surface area contributed by atoms with Gasteiger partial charge >= 0.3 is 42.8 Å². The van der Waals surface area contributed by atoms with Crippen molar-refractivity contribution in [3.05, 3.63) is 0 Å². The first-order valence-corrected chi connectivity index (χ1v) is 2.10. The topological polar surface area (TPSA) is 74.6 Å². The third-order valence-corrected chi connectivity index (χ3v) is 0. The van der Waals surface area contributed by atoms with Crippen LogP contribution in [-0.4, -0.2) is 17.5 Å². The van der Waals surface area contributed by atoms with E-state index in [4.69, 9.17) is 17.5 Å². The smallest absolute Gasteiger partial charge is 0.264 e. The number of hydrogen-bond donors (Lipinski definition) is 2. The van der Waals surface area contributed by atoms with Crippen LogP contribution in [0.3, 0.4) is 0 Å². The molecule has 0 saturated carbocycles. The minimum atomic E-state index is -4.67. The van der Waals surface area contributed by atoms with Gasteiger partial charge in [0, 0.05) is 0 Å². The summed E-state index contributed by atoms with van der Waals surface area (Å²) in [5.41, 5.74) is 0. The Hall–Kier alpha value is 0.870. The molecule has 6 heavy (non-hydrogen) atoms. The second-order valence-electron chi connectivity index (χ2n) is 0.448. The van der Waals surface area contributed by atoms with Crippen molar-refractivity contribution in [2.24, 2.45) is 0 Å². The molecule has 0 aromatic rings. The molecule has 0 saturated heterocycles. The molecule has 0 spiro atoms. The Morgan fingerprint density at radius 1 is 1.33 bits per heavy atom. The average Bonchev–Trinajstić information content (AvgIpc) is 0.722. The van der Waals surface area contributed by atoms with Crippen molar-refractivity contribution in [1.29, 1.82) is 0 Å². The molecule has 0 rings (SSSR count). The molecule has 0 aromatic carbocycles. The van der Waals surface area contributed by atoms with Gasteiger partial charge in [-0.25, -0.2) is 0 Å². The van der Waals surface area contributed by atoms with Gasteiger partial charge in [0.25, 0.3) is 0 Å². The molecular formula is H4NaO4S+3. The van der Waals surface area contributed by atoms with Crippen molar-refractivity contribution < 1.29 is 49.9 Å². The van der Waals surface area contributed by atoms with Gasteiger partial charge in [-0.3, -0.25) is 9.11 Å². The summed E-state index contributed by atoms with van der Waals surface area (Å²) in [6.07, 6.45) is 0. The molecule has 0 aromatic heterocycles. The van der Waals surface area contributed by atoms with E-state index in [1.807, 2.05) is 0 Å². The minimum absolute atomic E-state index is 0. The maximum atomic E-state index is 8.74. The van der Waals surface area contributed by atoms with E-state index in [9.17, 15) is 0 Å². The standard InChI is InChI=1S/Na.H2O4S/c;1-5(2,3)4/h;(H2,1,2,3,4)/q+1;/p+2. The molecule has 0 radical (unpaired) electrons. The first kappa shape index (κ1) is 9.98. The van der Waals surface area contributed by atoms with E-state index in [-0.39, 0.29) is 32.4 Å². The van der Waals surface area contributed by atoms with Crippen molar-refractivity contribution in [3.63, 3.8) is 0 Å². The Morgan fingerprint density at radius 2 is 1.33 bits per heavy atom. The summed E-state index contributed by atoms with van der Waals surface area (Å²) in [4.78, 5) is 0. The quantitative estimate of drug-likeness (QED) is 0.260. The van der Waals surface area contributed by atoms with Crippen molar-refractivity contribution in [1.82, 2.24) is 0 Å². The van der Waals surface area contributed by atoms with Crippen molar-refractivity contribution >= 4 is 10.4 Å². The fraction of sp³-hybridized carbons (Fsp3) is 0. The zero-order valence-electron chi connectivity index (χ0n) is 5.12. The van der Waals surface area contributed by atoms with Gasteiger partial charge in [0.2, 0.25) is 0 Å². The van der Waals surface area contributed by atoms with Crippen LogP contribution in [0.5, 0.6) is 0 Å². The van der Waals surface area contributed by atoms with Gasteiger partial charge in [-0.15, -0.1) is 0 Å². The van der Waals surface area contributed by atoms with E-state index >= 15 is 0 Å². The van der Waals surface area contributed by atoms with Crippen molar-refractivity contribution in [2.45, 2.75) is 0 Å². The predicted molar refractivity (Wildman–Crippen MR) is 16.4 cm³/mol. The van der Waals surface area contributed by atoms with Crippen LogP contribution >= 0.6 is 0 Å². The third kappa shape index (κ3) is 96.4. The Labute approximate surface area is 60.4 Å². The largest absolute Gasteiger partial charge is 1.00 e. The molecular weight excluding hydrogens is 119 g/mol. The van der Waals surface area contributed by atoms with Gasteiger partial charge in [-0.1, -0.05) is 0 Å². The van der Waals surface area contributed by atoms with E-state index < -0.39 is 10.4 Å². The summed E-state index contributed by atoms with van der Waals surface area (Å²) < 4.78 is 31.6. The van der Waals surface area contributed by atoms with E-state index in [0.29, 0.717) is 0 Å². The van der Waals surface area contributed by atoms with E-state index in [2.05, 4.69) is 0 Å². The molecule has 0 aliphatic carbocycles. The molecule has 4 nitrogen and oxygen atoms in total. The second kappa shape index (κ2) is 2.95. The number of rotatable bonds is 0. The van der Waals surface area contributed by atoms with Gasteiger partial charge in [0.05, 0.1) is 0 Å². The first-order valence-electron chi connectivity index (χ1n) is 0.698. The molecule has 0 unspecified atom stereocenters. The van der Waals surface area contributed by atoms with Crippen molar-refractivity contribution in [3.8, 4) is 0 Å². The van der Waals surface area contributed by atoms with E-state index in [1.54, 1.807) is 0 Å². The Kier molecular flexibility index (Phi) is 4.91. The van der Waals surface area contributed by atoms with Gasteiger partial charge in [0.15, 0.2) is 0 Å². The van der Waals surface area contributed by atoms with Crippen LogP contribution in [0.1, 0.15) is 2.85 Å². The van der Waals surface area contributed by atoms with Crippen LogP contribution in [0, 0.1) is 0 Å². The summed E-state index contributed by atoms with van der Waals surface area (Å²) in [6, 6.07) is 0. The van der Waals surface area contributed by atoms with E-state index in [1.165, 1.54) is 0 Å². The van der Waals surface area contributed by atoms with Gasteiger partial charge in [-0.2, -0.15) is 8.42 Å². The third-order valence-electron chi connectivity index (χ3n) is 0. The van der Waals surface area contributed by atoms with Crippen LogP contribution in [0.15, 0.2) is 0 Å². The maximum absolute atomic E-state index is 8.74. The zero-order valence-corrected chi connectivity index (χ0v) is 5.94. The normalized spacial score (nSPS) is 9.67. The molecule has 0 aliphatic heterocycles. The molecule has 6 heteroatoms. The molecule has 32 valence electrons. The molecule has 0 atom stereocenters. The fourth-order valence-electron chi connectivity index (χ4n) is 0. The fourth-order valence-corrected chi connectivity index (χ4v) is 0. The van der Waals surface area contributed by atoms with Crippen LogP contribution in [-0.2, 0) is 10.4 Å². The maximum Gasteiger partial charge on any atom is 1.00 e. The summed E-state index contributed by atoms with van der Waals surface area (Å²) in [7, 11) is -4.67. The molecule has 0 aliphatic rings. The van der Waals surface area contributed by atoms with Crippen LogP contribution < -0.4 is 29.6 Å². The summed E-state index contributed by atoms with van der Waals surface area (Å²) >= 11 is 0. The number of hydrogen-bond acceptors (Lipinski definition) is 2.